The molecule has 29 heavy (non-hydrogen) atoms. The number of anilines is 1. The Balaban J connectivity index is 1.91. The number of carbonyl (C=O) groups is 1. The molecule has 0 bridgehead atoms. The summed E-state index contributed by atoms with van der Waals surface area (Å²) >= 11 is 0. The third kappa shape index (κ3) is 5.54. The average molecular weight is 383 g/mol. The fourth-order valence-electron chi connectivity index (χ4n) is 3.42. The van der Waals surface area contributed by atoms with E-state index in [9.17, 15) is 10.1 Å². The summed E-state index contributed by atoms with van der Waals surface area (Å²) in [4.78, 5) is 13.8. The van der Waals surface area contributed by atoms with Gasteiger partial charge in [0, 0.05) is 31.7 Å². The molecule has 0 unspecified atom stereocenters. The number of hydrogen-bond donors (Lipinski definition) is 1. The molecule has 0 radical (unpaired) electrons. The van der Waals surface area contributed by atoms with Crippen LogP contribution in [0.25, 0.3) is 0 Å². The number of nitrogens with one attached hydrogen (secondary N) is 1. The van der Waals surface area contributed by atoms with E-state index in [4.69, 9.17) is 0 Å². The lowest BCUT2D eigenvalue weighted by molar-refractivity contribution is -0.114. The second-order valence-corrected chi connectivity index (χ2v) is 7.14. The Morgan fingerprint density at radius 2 is 1.72 bits per heavy atom. The van der Waals surface area contributed by atoms with Crippen molar-refractivity contribution in [2.45, 2.75) is 33.0 Å². The van der Waals surface area contributed by atoms with E-state index in [2.05, 4.69) is 41.4 Å². The van der Waals surface area contributed by atoms with E-state index in [1.807, 2.05) is 60.7 Å². The fourth-order valence-corrected chi connectivity index (χ4v) is 3.42. The summed E-state index contributed by atoms with van der Waals surface area (Å²) < 4.78 is 0. The van der Waals surface area contributed by atoms with E-state index < -0.39 is 0 Å². The normalized spacial score (nSPS) is 11.7. The number of rotatable bonds is 7. The molecule has 146 valence electrons. The minimum absolute atomic E-state index is 0.0844. The molecule has 0 fully saturated rings. The molecule has 3 rings (SSSR count). The molecular weight excluding hydrogens is 358 g/mol. The maximum atomic E-state index is 11.4. The van der Waals surface area contributed by atoms with E-state index in [0.717, 1.165) is 23.4 Å². The third-order valence-corrected chi connectivity index (χ3v) is 4.98. The molecule has 4 heteroatoms. The predicted octanol–water partition coefficient (Wildman–Crippen LogP) is 5.28. The SMILES string of the molecule is CC(=O)Nc1cccc([C@H](C)N(Cc2ccccc2)Cc2ccccc2C#N)c1. The van der Waals surface area contributed by atoms with Crippen molar-refractivity contribution in [1.29, 1.82) is 5.26 Å². The molecule has 0 heterocycles. The molecule has 0 saturated heterocycles. The topological polar surface area (TPSA) is 56.1 Å². The third-order valence-electron chi connectivity index (χ3n) is 4.98. The van der Waals surface area contributed by atoms with Crippen molar-refractivity contribution in [3.8, 4) is 6.07 Å². The highest BCUT2D eigenvalue weighted by molar-refractivity contribution is 5.88. The molecule has 0 saturated carbocycles. The van der Waals surface area contributed by atoms with E-state index >= 15 is 0 Å². The quantitative estimate of drug-likeness (QED) is 0.604. The van der Waals surface area contributed by atoms with Crippen LogP contribution in [-0.4, -0.2) is 10.8 Å². The first-order valence-electron chi connectivity index (χ1n) is 9.70. The van der Waals surface area contributed by atoms with E-state index in [0.29, 0.717) is 12.1 Å². The van der Waals surface area contributed by atoms with Crippen molar-refractivity contribution in [2.75, 3.05) is 5.32 Å². The zero-order valence-electron chi connectivity index (χ0n) is 16.8. The van der Waals surface area contributed by atoms with Gasteiger partial charge in [-0.1, -0.05) is 60.7 Å². The average Bonchev–Trinajstić information content (AvgIpc) is 2.73. The van der Waals surface area contributed by atoms with Crippen LogP contribution < -0.4 is 5.32 Å². The van der Waals surface area contributed by atoms with Gasteiger partial charge in [0.2, 0.25) is 5.91 Å². The highest BCUT2D eigenvalue weighted by atomic mass is 16.1. The van der Waals surface area contributed by atoms with Gasteiger partial charge in [-0.25, -0.2) is 0 Å². The predicted molar refractivity (Wildman–Crippen MR) is 116 cm³/mol. The Bertz CT molecular complexity index is 1010. The number of nitriles is 1. The molecule has 0 spiro atoms. The molecular formula is C25H25N3O. The fraction of sp³-hybridized carbons (Fsp3) is 0.200. The van der Waals surface area contributed by atoms with Crippen molar-refractivity contribution in [2.24, 2.45) is 0 Å². The van der Waals surface area contributed by atoms with Crippen LogP contribution >= 0.6 is 0 Å². The molecule has 3 aromatic rings. The smallest absolute Gasteiger partial charge is 0.221 e. The minimum Gasteiger partial charge on any atom is -0.326 e. The van der Waals surface area contributed by atoms with Crippen molar-refractivity contribution >= 4 is 11.6 Å². The van der Waals surface area contributed by atoms with Gasteiger partial charge in [0.25, 0.3) is 0 Å². The lowest BCUT2D eigenvalue weighted by Gasteiger charge is -2.30. The van der Waals surface area contributed by atoms with Crippen LogP contribution in [0.5, 0.6) is 0 Å². The molecule has 0 aliphatic carbocycles. The number of nitrogens with zero attached hydrogens (tertiary/aromatic N) is 2. The maximum absolute atomic E-state index is 11.4. The van der Waals surface area contributed by atoms with Gasteiger partial charge in [0.15, 0.2) is 0 Å². The number of benzene rings is 3. The molecule has 0 aliphatic rings. The number of hydrogen-bond acceptors (Lipinski definition) is 3. The Kier molecular flexibility index (Phi) is 6.78. The maximum Gasteiger partial charge on any atom is 0.221 e. The van der Waals surface area contributed by atoms with Gasteiger partial charge in [0.05, 0.1) is 11.6 Å². The van der Waals surface area contributed by atoms with E-state index in [1.54, 1.807) is 0 Å². The van der Waals surface area contributed by atoms with Crippen molar-refractivity contribution in [3.63, 3.8) is 0 Å². The summed E-state index contributed by atoms with van der Waals surface area (Å²) in [6, 6.07) is 28.4. The Labute approximate surface area is 172 Å². The van der Waals surface area contributed by atoms with Crippen molar-refractivity contribution in [3.05, 3.63) is 101 Å². The second-order valence-electron chi connectivity index (χ2n) is 7.14. The Morgan fingerprint density at radius 1 is 1.00 bits per heavy atom. The highest BCUT2D eigenvalue weighted by Gasteiger charge is 2.18. The molecule has 1 amide bonds. The zero-order chi connectivity index (χ0) is 20.6. The van der Waals surface area contributed by atoms with Gasteiger partial charge in [0.1, 0.15) is 0 Å². The lowest BCUT2D eigenvalue weighted by atomic mass is 10.0. The molecule has 0 aliphatic heterocycles. The van der Waals surface area contributed by atoms with Crippen LogP contribution in [0.4, 0.5) is 5.69 Å². The van der Waals surface area contributed by atoms with Crippen LogP contribution in [-0.2, 0) is 17.9 Å². The number of carbonyl (C=O) groups excluding carboxylic acids is 1. The summed E-state index contributed by atoms with van der Waals surface area (Å²) in [6.45, 7) is 5.08. The first-order valence-corrected chi connectivity index (χ1v) is 9.70. The largest absolute Gasteiger partial charge is 0.326 e. The van der Waals surface area contributed by atoms with Crippen molar-refractivity contribution in [1.82, 2.24) is 4.90 Å². The van der Waals surface area contributed by atoms with Crippen LogP contribution in [0.1, 0.15) is 42.1 Å². The van der Waals surface area contributed by atoms with Gasteiger partial charge in [-0.2, -0.15) is 5.26 Å². The molecule has 1 N–H and O–H groups in total. The van der Waals surface area contributed by atoms with Crippen LogP contribution in [0, 0.1) is 11.3 Å². The zero-order valence-corrected chi connectivity index (χ0v) is 16.8. The first-order chi connectivity index (χ1) is 14.1. The standard InChI is InChI=1S/C25H25N3O/c1-19(22-13-8-14-25(15-22)27-20(2)29)28(17-21-9-4-3-5-10-21)18-24-12-7-6-11-23(24)16-26/h3-15,19H,17-18H2,1-2H3,(H,27,29)/t19-/m0/s1. The number of amides is 1. The van der Waals surface area contributed by atoms with Gasteiger partial charge < -0.3 is 5.32 Å². The Morgan fingerprint density at radius 3 is 2.45 bits per heavy atom. The van der Waals surface area contributed by atoms with Gasteiger partial charge >= 0.3 is 0 Å². The molecule has 0 aromatic heterocycles. The van der Waals surface area contributed by atoms with Gasteiger partial charge in [-0.15, -0.1) is 0 Å². The van der Waals surface area contributed by atoms with Gasteiger partial charge in [-0.05, 0) is 41.8 Å². The van der Waals surface area contributed by atoms with E-state index in [1.165, 1.54) is 12.5 Å². The molecule has 3 aromatic carbocycles. The second kappa shape index (κ2) is 9.68. The monoisotopic (exact) mass is 383 g/mol. The summed E-state index contributed by atoms with van der Waals surface area (Å²) in [5.74, 6) is -0.0844. The minimum atomic E-state index is -0.0844. The van der Waals surface area contributed by atoms with E-state index in [-0.39, 0.29) is 11.9 Å². The first kappa shape index (κ1) is 20.3. The molecule has 4 nitrogen and oxygen atoms in total. The van der Waals surface area contributed by atoms with Crippen molar-refractivity contribution < 1.29 is 4.79 Å². The molecule has 1 atom stereocenters. The van der Waals surface area contributed by atoms with Crippen LogP contribution in [0.3, 0.4) is 0 Å². The van der Waals surface area contributed by atoms with Crippen LogP contribution in [0.15, 0.2) is 78.9 Å². The highest BCUT2D eigenvalue weighted by Crippen LogP contribution is 2.27. The lowest BCUT2D eigenvalue weighted by Crippen LogP contribution is -2.26. The van der Waals surface area contributed by atoms with Gasteiger partial charge in [-0.3, -0.25) is 9.69 Å². The summed E-state index contributed by atoms with van der Waals surface area (Å²) in [7, 11) is 0. The van der Waals surface area contributed by atoms with Crippen LogP contribution in [0.2, 0.25) is 0 Å². The summed E-state index contributed by atoms with van der Waals surface area (Å²) in [5.41, 5.74) is 4.83. The Hall–Kier alpha value is -3.42. The summed E-state index contributed by atoms with van der Waals surface area (Å²) in [5, 5.41) is 12.3. The summed E-state index contributed by atoms with van der Waals surface area (Å²) in [6.07, 6.45) is 0.